The van der Waals surface area contributed by atoms with Crippen molar-refractivity contribution in [1.82, 2.24) is 23.7 Å². The van der Waals surface area contributed by atoms with Gasteiger partial charge in [-0.05, 0) is 12.1 Å². The first kappa shape index (κ1) is 11.1. The molecule has 1 aromatic carbocycles. The Morgan fingerprint density at radius 3 is 3.00 bits per heavy atom. The molecule has 0 aliphatic carbocycles. The van der Waals surface area contributed by atoms with E-state index in [1.165, 1.54) is 0 Å². The van der Waals surface area contributed by atoms with Gasteiger partial charge in [0.15, 0.2) is 0 Å². The Morgan fingerprint density at radius 2 is 2.24 bits per heavy atom. The van der Waals surface area contributed by atoms with Gasteiger partial charge >= 0.3 is 0 Å². The zero-order chi connectivity index (χ0) is 11.8. The number of hydrogen-bond acceptors (Lipinski definition) is 5. The number of rotatable bonds is 2. The van der Waals surface area contributed by atoms with E-state index in [2.05, 4.69) is 35.0 Å². The predicted octanol–water partition coefficient (Wildman–Crippen LogP) is 2.82. The van der Waals surface area contributed by atoms with E-state index in [1.54, 1.807) is 10.7 Å². The number of alkyl halides is 1. The monoisotopic (exact) mass is 329 g/mol. The van der Waals surface area contributed by atoms with E-state index < -0.39 is 0 Å². The maximum atomic E-state index is 6.18. The van der Waals surface area contributed by atoms with Gasteiger partial charge in [-0.25, -0.2) is 4.68 Å². The third-order valence-corrected chi connectivity index (χ3v) is 3.68. The van der Waals surface area contributed by atoms with Crippen LogP contribution >= 0.6 is 39.3 Å². The molecule has 0 spiro atoms. The molecule has 0 aliphatic rings. The summed E-state index contributed by atoms with van der Waals surface area (Å²) in [5, 5.41) is 9.27. The van der Waals surface area contributed by atoms with Crippen molar-refractivity contribution >= 4 is 50.3 Å². The van der Waals surface area contributed by atoms with Gasteiger partial charge in [0.1, 0.15) is 16.7 Å². The molecule has 17 heavy (non-hydrogen) atoms. The fourth-order valence-electron chi connectivity index (χ4n) is 1.50. The Balaban J connectivity index is 2.27. The van der Waals surface area contributed by atoms with E-state index in [4.69, 9.17) is 11.6 Å². The lowest BCUT2D eigenvalue weighted by Crippen LogP contribution is -1.97. The fraction of sp³-hybridized carbons (Fsp3) is 0.111. The molecule has 0 N–H and O–H groups in total. The summed E-state index contributed by atoms with van der Waals surface area (Å²) in [5.74, 6) is 0. The summed E-state index contributed by atoms with van der Waals surface area (Å²) < 4.78 is 10.0. The Labute approximate surface area is 114 Å². The standard InChI is InChI=1S/C9H5BrClN5S/c10-3-5-4-16(15-12-5)9-6(11)1-2-7-8(9)14-17-13-7/h1-2,4H,3H2. The molecule has 0 saturated carbocycles. The predicted molar refractivity (Wildman–Crippen MR) is 70.0 cm³/mol. The number of fused-ring (bicyclic) bond motifs is 1. The lowest BCUT2D eigenvalue weighted by Gasteiger charge is -2.02. The third-order valence-electron chi connectivity index (χ3n) is 2.26. The van der Waals surface area contributed by atoms with E-state index in [1.807, 2.05) is 12.3 Å². The topological polar surface area (TPSA) is 56.5 Å². The van der Waals surface area contributed by atoms with Crippen molar-refractivity contribution in [1.29, 1.82) is 0 Å². The molecule has 2 aromatic heterocycles. The molecule has 8 heteroatoms. The second-order valence-corrected chi connectivity index (χ2v) is 4.81. The average molecular weight is 331 g/mol. The van der Waals surface area contributed by atoms with Gasteiger partial charge in [0.05, 0.1) is 28.6 Å². The van der Waals surface area contributed by atoms with Crippen molar-refractivity contribution in [2.75, 3.05) is 0 Å². The molecule has 0 unspecified atom stereocenters. The van der Waals surface area contributed by atoms with Gasteiger partial charge in [-0.3, -0.25) is 0 Å². The molecule has 0 fully saturated rings. The van der Waals surface area contributed by atoms with Crippen molar-refractivity contribution in [2.45, 2.75) is 5.33 Å². The first-order chi connectivity index (χ1) is 8.29. The quantitative estimate of drug-likeness (QED) is 0.678. The van der Waals surface area contributed by atoms with E-state index in [0.29, 0.717) is 10.4 Å². The highest BCUT2D eigenvalue weighted by Crippen LogP contribution is 2.27. The molecule has 0 atom stereocenters. The summed E-state index contributed by atoms with van der Waals surface area (Å²) in [6.07, 6.45) is 1.81. The van der Waals surface area contributed by atoms with Crippen molar-refractivity contribution in [3.63, 3.8) is 0 Å². The third kappa shape index (κ3) is 1.84. The molecule has 3 aromatic rings. The van der Waals surface area contributed by atoms with Crippen LogP contribution in [0.25, 0.3) is 16.7 Å². The largest absolute Gasteiger partial charge is 0.217 e. The first-order valence-electron chi connectivity index (χ1n) is 4.68. The second kappa shape index (κ2) is 4.32. The van der Waals surface area contributed by atoms with Crippen molar-refractivity contribution in [2.24, 2.45) is 0 Å². The molecule has 86 valence electrons. The maximum absolute atomic E-state index is 6.18. The maximum Gasteiger partial charge on any atom is 0.132 e. The Bertz CT molecular complexity index is 679. The van der Waals surface area contributed by atoms with Crippen LogP contribution < -0.4 is 0 Å². The number of hydrogen-bond donors (Lipinski definition) is 0. The molecular formula is C9H5BrClN5S. The van der Waals surface area contributed by atoms with E-state index in [0.717, 1.165) is 34.1 Å². The van der Waals surface area contributed by atoms with Crippen LogP contribution in [0.2, 0.25) is 5.02 Å². The van der Waals surface area contributed by atoms with Gasteiger partial charge in [-0.1, -0.05) is 32.7 Å². The van der Waals surface area contributed by atoms with Crippen LogP contribution in [0.4, 0.5) is 0 Å². The number of halogens is 2. The van der Waals surface area contributed by atoms with Gasteiger partial charge in [0, 0.05) is 5.33 Å². The molecule has 3 rings (SSSR count). The molecule has 2 heterocycles. The molecule has 0 aliphatic heterocycles. The highest BCUT2D eigenvalue weighted by Gasteiger charge is 2.13. The SMILES string of the molecule is Clc1ccc2nsnc2c1-n1cc(CBr)nn1. The van der Waals surface area contributed by atoms with Crippen LogP contribution in [0, 0.1) is 0 Å². The number of nitrogens with zero attached hydrogens (tertiary/aromatic N) is 5. The summed E-state index contributed by atoms with van der Waals surface area (Å²) in [6.45, 7) is 0. The Kier molecular flexibility index (Phi) is 2.81. The number of aromatic nitrogens is 5. The van der Waals surface area contributed by atoms with Crippen LogP contribution in [0.5, 0.6) is 0 Å². The summed E-state index contributed by atoms with van der Waals surface area (Å²) in [4.78, 5) is 0. The zero-order valence-corrected chi connectivity index (χ0v) is 11.5. The van der Waals surface area contributed by atoms with Crippen LogP contribution in [0.15, 0.2) is 18.3 Å². The van der Waals surface area contributed by atoms with Gasteiger partial charge < -0.3 is 0 Å². The van der Waals surface area contributed by atoms with Gasteiger partial charge in [-0.15, -0.1) is 5.10 Å². The van der Waals surface area contributed by atoms with Gasteiger partial charge in [-0.2, -0.15) is 8.75 Å². The smallest absolute Gasteiger partial charge is 0.132 e. The Hall–Kier alpha value is -1.05. The summed E-state index contributed by atoms with van der Waals surface area (Å²) in [5.41, 5.74) is 3.11. The van der Waals surface area contributed by atoms with Crippen molar-refractivity contribution < 1.29 is 0 Å². The van der Waals surface area contributed by atoms with Crippen LogP contribution in [0.3, 0.4) is 0 Å². The zero-order valence-electron chi connectivity index (χ0n) is 8.34. The van der Waals surface area contributed by atoms with E-state index >= 15 is 0 Å². The molecule has 0 amide bonds. The minimum atomic E-state index is 0.580. The lowest BCUT2D eigenvalue weighted by atomic mass is 10.2. The number of benzene rings is 1. The molecule has 5 nitrogen and oxygen atoms in total. The van der Waals surface area contributed by atoms with Crippen LogP contribution in [-0.2, 0) is 5.33 Å². The highest BCUT2D eigenvalue weighted by molar-refractivity contribution is 9.08. The molecule has 0 bridgehead atoms. The van der Waals surface area contributed by atoms with Gasteiger partial charge in [0.25, 0.3) is 0 Å². The minimum Gasteiger partial charge on any atom is -0.217 e. The highest BCUT2D eigenvalue weighted by atomic mass is 79.9. The summed E-state index contributed by atoms with van der Waals surface area (Å²) in [6, 6.07) is 3.63. The summed E-state index contributed by atoms with van der Waals surface area (Å²) >= 11 is 10.7. The second-order valence-electron chi connectivity index (χ2n) is 3.32. The van der Waals surface area contributed by atoms with E-state index in [-0.39, 0.29) is 0 Å². The molecule has 0 saturated heterocycles. The van der Waals surface area contributed by atoms with Crippen LogP contribution in [-0.4, -0.2) is 23.7 Å². The summed E-state index contributed by atoms with van der Waals surface area (Å²) in [7, 11) is 0. The molecule has 0 radical (unpaired) electrons. The van der Waals surface area contributed by atoms with Crippen molar-refractivity contribution in [3.05, 3.63) is 29.0 Å². The molecular weight excluding hydrogens is 326 g/mol. The average Bonchev–Trinajstić information content (AvgIpc) is 2.96. The Morgan fingerprint density at radius 1 is 1.35 bits per heavy atom. The van der Waals surface area contributed by atoms with Gasteiger partial charge in [0.2, 0.25) is 0 Å². The lowest BCUT2D eigenvalue weighted by molar-refractivity contribution is 0.804. The fourth-order valence-corrected chi connectivity index (χ4v) is 2.53. The minimum absolute atomic E-state index is 0.580. The first-order valence-corrected chi connectivity index (χ1v) is 6.91. The van der Waals surface area contributed by atoms with Crippen molar-refractivity contribution in [3.8, 4) is 5.69 Å². The normalized spacial score (nSPS) is 11.2. The van der Waals surface area contributed by atoms with E-state index in [9.17, 15) is 0 Å². The van der Waals surface area contributed by atoms with Crippen LogP contribution in [0.1, 0.15) is 5.69 Å².